The molecule has 3 heteroatoms. The minimum Gasteiger partial charge on any atom is -0.508 e. The third-order valence-electron chi connectivity index (χ3n) is 2.51. The lowest BCUT2D eigenvalue weighted by Gasteiger charge is -2.18. The summed E-state index contributed by atoms with van der Waals surface area (Å²) in [4.78, 5) is 3.13. The van der Waals surface area contributed by atoms with Crippen molar-refractivity contribution >= 4 is 17.2 Å². The first-order chi connectivity index (χ1) is 6.77. The maximum Gasteiger partial charge on any atom is 0.115 e. The van der Waals surface area contributed by atoms with Gasteiger partial charge in [-0.3, -0.25) is 0 Å². The molecule has 0 saturated carbocycles. The molecule has 0 bridgehead atoms. The van der Waals surface area contributed by atoms with Crippen LogP contribution < -0.4 is 0 Å². The predicted octanol–water partition coefficient (Wildman–Crippen LogP) is 2.16. The van der Waals surface area contributed by atoms with E-state index in [9.17, 15) is 0 Å². The molecule has 14 heavy (non-hydrogen) atoms. The minimum absolute atomic E-state index is 0.290. The van der Waals surface area contributed by atoms with Crippen molar-refractivity contribution in [2.45, 2.75) is 12.8 Å². The summed E-state index contributed by atoms with van der Waals surface area (Å²) in [5.74, 6) is 0.290. The highest BCUT2D eigenvalue weighted by atomic mass is 32.1. The van der Waals surface area contributed by atoms with E-state index in [1.165, 1.54) is 12.8 Å². The molecule has 0 amide bonds. The third-order valence-corrected chi connectivity index (χ3v) is 3.00. The molecule has 1 aromatic rings. The van der Waals surface area contributed by atoms with Gasteiger partial charge < -0.3 is 10.0 Å². The van der Waals surface area contributed by atoms with Gasteiger partial charge in [0.2, 0.25) is 0 Å². The Morgan fingerprint density at radius 1 is 1.14 bits per heavy atom. The number of aromatic hydroxyl groups is 1. The van der Waals surface area contributed by atoms with Crippen LogP contribution in [0.5, 0.6) is 5.75 Å². The van der Waals surface area contributed by atoms with Gasteiger partial charge >= 0.3 is 0 Å². The van der Waals surface area contributed by atoms with E-state index in [0.717, 1.165) is 23.6 Å². The number of benzene rings is 1. The van der Waals surface area contributed by atoms with Gasteiger partial charge in [-0.2, -0.15) is 0 Å². The third kappa shape index (κ3) is 1.87. The van der Waals surface area contributed by atoms with Crippen molar-refractivity contribution in [2.75, 3.05) is 13.1 Å². The molecule has 2 rings (SSSR count). The van der Waals surface area contributed by atoms with Crippen molar-refractivity contribution in [1.29, 1.82) is 0 Å². The summed E-state index contributed by atoms with van der Waals surface area (Å²) in [5.41, 5.74) is 1.03. The predicted molar refractivity (Wildman–Crippen MR) is 60.6 cm³/mol. The summed E-state index contributed by atoms with van der Waals surface area (Å²) in [6.07, 6.45) is 2.47. The van der Waals surface area contributed by atoms with Gasteiger partial charge in [0, 0.05) is 18.7 Å². The molecule has 0 radical (unpaired) electrons. The summed E-state index contributed by atoms with van der Waals surface area (Å²) < 4.78 is 0. The Morgan fingerprint density at radius 3 is 2.29 bits per heavy atom. The van der Waals surface area contributed by atoms with Crippen LogP contribution in [0.15, 0.2) is 24.3 Å². The van der Waals surface area contributed by atoms with Crippen LogP contribution in [-0.2, 0) is 0 Å². The molecule has 0 aromatic heterocycles. The molecule has 2 nitrogen and oxygen atoms in total. The van der Waals surface area contributed by atoms with Gasteiger partial charge in [-0.1, -0.05) is 12.2 Å². The van der Waals surface area contributed by atoms with Crippen molar-refractivity contribution in [3.63, 3.8) is 0 Å². The normalized spacial score (nSPS) is 15.9. The van der Waals surface area contributed by atoms with Crippen molar-refractivity contribution < 1.29 is 5.11 Å². The zero-order valence-corrected chi connectivity index (χ0v) is 8.76. The average Bonchev–Trinajstić information content (AvgIpc) is 2.71. The number of hydrogen-bond acceptors (Lipinski definition) is 2. The maximum absolute atomic E-state index is 9.15. The Kier molecular flexibility index (Phi) is 2.68. The molecular formula is C11H13NOS. The van der Waals surface area contributed by atoms with Gasteiger partial charge in [0.25, 0.3) is 0 Å². The van der Waals surface area contributed by atoms with Crippen LogP contribution in [0, 0.1) is 0 Å². The standard InChI is InChI=1S/C11H13NOS/c13-10-5-3-9(4-6-10)11(14)12-7-1-2-8-12/h3-6,13H,1-2,7-8H2. The molecule has 1 saturated heterocycles. The first-order valence-corrected chi connectivity index (χ1v) is 5.26. The Morgan fingerprint density at radius 2 is 1.71 bits per heavy atom. The highest BCUT2D eigenvalue weighted by molar-refractivity contribution is 7.80. The Balaban J connectivity index is 2.14. The average molecular weight is 207 g/mol. The largest absolute Gasteiger partial charge is 0.508 e. The number of rotatable bonds is 1. The van der Waals surface area contributed by atoms with Crippen LogP contribution in [0.3, 0.4) is 0 Å². The summed E-state index contributed by atoms with van der Waals surface area (Å²) in [6, 6.07) is 7.10. The van der Waals surface area contributed by atoms with Crippen LogP contribution in [0.2, 0.25) is 0 Å². The summed E-state index contributed by atoms with van der Waals surface area (Å²) in [6.45, 7) is 2.14. The molecule has 0 aliphatic carbocycles. The number of hydrogen-bond donors (Lipinski definition) is 1. The fraction of sp³-hybridized carbons (Fsp3) is 0.364. The lowest BCUT2D eigenvalue weighted by Crippen LogP contribution is -2.26. The van der Waals surface area contributed by atoms with E-state index in [1.807, 2.05) is 12.1 Å². The van der Waals surface area contributed by atoms with Gasteiger partial charge in [-0.15, -0.1) is 0 Å². The van der Waals surface area contributed by atoms with Crippen LogP contribution in [-0.4, -0.2) is 28.1 Å². The van der Waals surface area contributed by atoms with Gasteiger partial charge in [0.15, 0.2) is 0 Å². The van der Waals surface area contributed by atoms with Gasteiger partial charge in [-0.05, 0) is 37.1 Å². The number of likely N-dealkylation sites (tertiary alicyclic amines) is 1. The summed E-state index contributed by atoms with van der Waals surface area (Å²) >= 11 is 5.37. The molecule has 1 N–H and O–H groups in total. The van der Waals surface area contributed by atoms with E-state index in [1.54, 1.807) is 12.1 Å². The molecule has 0 spiro atoms. The second kappa shape index (κ2) is 3.96. The van der Waals surface area contributed by atoms with Crippen molar-refractivity contribution in [3.05, 3.63) is 29.8 Å². The van der Waals surface area contributed by atoms with E-state index < -0.39 is 0 Å². The molecular weight excluding hydrogens is 194 g/mol. The van der Waals surface area contributed by atoms with Crippen molar-refractivity contribution in [1.82, 2.24) is 4.90 Å². The van der Waals surface area contributed by atoms with Crippen molar-refractivity contribution in [2.24, 2.45) is 0 Å². The number of nitrogens with zero attached hydrogens (tertiary/aromatic N) is 1. The maximum atomic E-state index is 9.15. The van der Waals surface area contributed by atoms with Gasteiger partial charge in [0.05, 0.1) is 0 Å². The number of phenols is 1. The zero-order chi connectivity index (χ0) is 9.97. The van der Waals surface area contributed by atoms with E-state index in [0.29, 0.717) is 0 Å². The second-order valence-electron chi connectivity index (χ2n) is 3.55. The molecule has 1 aliphatic rings. The monoisotopic (exact) mass is 207 g/mol. The summed E-state index contributed by atoms with van der Waals surface area (Å²) in [5, 5.41) is 9.15. The van der Waals surface area contributed by atoms with Crippen LogP contribution in [0.25, 0.3) is 0 Å². The Bertz CT molecular complexity index is 328. The SMILES string of the molecule is Oc1ccc(C(=S)N2CCCC2)cc1. The molecule has 0 unspecified atom stereocenters. The van der Waals surface area contributed by atoms with E-state index in [4.69, 9.17) is 17.3 Å². The number of phenolic OH excluding ortho intramolecular Hbond substituents is 1. The summed E-state index contributed by atoms with van der Waals surface area (Å²) in [7, 11) is 0. The molecule has 1 fully saturated rings. The second-order valence-corrected chi connectivity index (χ2v) is 3.93. The lowest BCUT2D eigenvalue weighted by atomic mass is 10.2. The van der Waals surface area contributed by atoms with Gasteiger partial charge in [0.1, 0.15) is 10.7 Å². The molecule has 1 aliphatic heterocycles. The lowest BCUT2D eigenvalue weighted by molar-refractivity contribution is 0.475. The first kappa shape index (κ1) is 9.46. The van der Waals surface area contributed by atoms with E-state index >= 15 is 0 Å². The van der Waals surface area contributed by atoms with Gasteiger partial charge in [-0.25, -0.2) is 0 Å². The molecule has 0 atom stereocenters. The zero-order valence-electron chi connectivity index (χ0n) is 7.94. The fourth-order valence-corrected chi connectivity index (χ4v) is 2.03. The van der Waals surface area contributed by atoms with Crippen LogP contribution in [0.4, 0.5) is 0 Å². The highest BCUT2D eigenvalue weighted by Crippen LogP contribution is 2.16. The van der Waals surface area contributed by atoms with Crippen LogP contribution in [0.1, 0.15) is 18.4 Å². The highest BCUT2D eigenvalue weighted by Gasteiger charge is 2.15. The topological polar surface area (TPSA) is 23.5 Å². The van der Waals surface area contributed by atoms with E-state index in [-0.39, 0.29) is 5.75 Å². The van der Waals surface area contributed by atoms with Crippen LogP contribution >= 0.6 is 12.2 Å². The first-order valence-electron chi connectivity index (χ1n) is 4.86. The fourth-order valence-electron chi connectivity index (χ4n) is 1.71. The van der Waals surface area contributed by atoms with Crippen molar-refractivity contribution in [3.8, 4) is 5.75 Å². The molecule has 1 aromatic carbocycles. The quantitative estimate of drug-likeness (QED) is 0.714. The number of thiocarbonyl (C=S) groups is 1. The molecule has 1 heterocycles. The Labute approximate surface area is 89.2 Å². The Hall–Kier alpha value is -1.09. The molecule has 74 valence electrons. The minimum atomic E-state index is 0.290. The smallest absolute Gasteiger partial charge is 0.115 e. The van der Waals surface area contributed by atoms with E-state index in [2.05, 4.69) is 4.90 Å².